The van der Waals surface area contributed by atoms with Gasteiger partial charge in [0.2, 0.25) is 17.5 Å². The molecule has 3 rings (SSSR count). The predicted octanol–water partition coefficient (Wildman–Crippen LogP) is 3.29. The first-order valence-electron chi connectivity index (χ1n) is 9.54. The molecule has 0 radical (unpaired) electrons. The van der Waals surface area contributed by atoms with Crippen LogP contribution in [0.25, 0.3) is 0 Å². The average molecular weight is 467 g/mol. The van der Waals surface area contributed by atoms with Crippen LogP contribution < -0.4 is 10.6 Å². The van der Waals surface area contributed by atoms with Crippen molar-refractivity contribution in [1.29, 1.82) is 0 Å². The van der Waals surface area contributed by atoms with E-state index in [2.05, 4.69) is 15.3 Å². The van der Waals surface area contributed by atoms with Gasteiger partial charge in [-0.3, -0.25) is 19.7 Å². The number of imide groups is 1. The van der Waals surface area contributed by atoms with E-state index in [-0.39, 0.29) is 40.9 Å². The topological polar surface area (TPSA) is 101 Å². The highest BCUT2D eigenvalue weighted by atomic mass is 35.5. The second-order valence-electron chi connectivity index (χ2n) is 8.00. The van der Waals surface area contributed by atoms with Gasteiger partial charge < -0.3 is 5.32 Å². The molecule has 0 spiro atoms. The van der Waals surface area contributed by atoms with Crippen molar-refractivity contribution in [2.45, 2.75) is 51.2 Å². The maximum Gasteiger partial charge on any atom is 0.269 e. The van der Waals surface area contributed by atoms with Gasteiger partial charge in [0.05, 0.1) is 0 Å². The Bertz CT molecular complexity index is 1040. The molecule has 1 aliphatic heterocycles. The molecule has 1 aromatic heterocycles. The fraction of sp³-hybridized carbons (Fsp3) is 0.381. The molecule has 2 heterocycles. The Balaban J connectivity index is 1.78. The Morgan fingerprint density at radius 3 is 2.35 bits per heavy atom. The van der Waals surface area contributed by atoms with Gasteiger partial charge in [-0.2, -0.15) is 0 Å². The van der Waals surface area contributed by atoms with Crippen molar-refractivity contribution in [1.82, 2.24) is 20.6 Å². The number of rotatable bonds is 5. The lowest BCUT2D eigenvalue weighted by atomic mass is 9.86. The maximum atomic E-state index is 15.4. The molecule has 1 fully saturated rings. The van der Waals surface area contributed by atoms with Crippen LogP contribution in [-0.2, 0) is 32.0 Å². The van der Waals surface area contributed by atoms with Crippen molar-refractivity contribution in [2.24, 2.45) is 0 Å². The van der Waals surface area contributed by atoms with E-state index in [1.807, 2.05) is 12.2 Å². The van der Waals surface area contributed by atoms with Crippen molar-refractivity contribution in [3.8, 4) is 0 Å². The fourth-order valence-electron chi connectivity index (χ4n) is 3.25. The van der Waals surface area contributed by atoms with Gasteiger partial charge in [-0.05, 0) is 44.0 Å². The molecule has 0 aliphatic carbocycles. The molecular weight excluding hydrogens is 446 g/mol. The van der Waals surface area contributed by atoms with E-state index in [1.54, 1.807) is 26.2 Å². The number of nitrogens with one attached hydrogen (secondary N) is 2. The summed E-state index contributed by atoms with van der Waals surface area (Å²) in [4.78, 5) is 44.6. The first kappa shape index (κ1) is 23.1. The second-order valence-corrected chi connectivity index (χ2v) is 8.82. The Kier molecular flexibility index (Phi) is 6.34. The summed E-state index contributed by atoms with van der Waals surface area (Å²) in [7, 11) is 0. The molecule has 31 heavy (non-hydrogen) atoms. The summed E-state index contributed by atoms with van der Waals surface area (Å²) in [6.07, 6.45) is 2.76. The first-order chi connectivity index (χ1) is 14.4. The van der Waals surface area contributed by atoms with Gasteiger partial charge in [-0.1, -0.05) is 23.2 Å². The van der Waals surface area contributed by atoms with E-state index in [0.29, 0.717) is 11.4 Å². The number of aryl methyl sites for hydroxylation is 1. The quantitative estimate of drug-likeness (QED) is 0.658. The maximum absolute atomic E-state index is 15.4. The second kappa shape index (κ2) is 8.51. The fourth-order valence-corrected chi connectivity index (χ4v) is 4.08. The largest absolute Gasteiger partial charge is 0.351 e. The van der Waals surface area contributed by atoms with Gasteiger partial charge in [0.15, 0.2) is 0 Å². The zero-order valence-electron chi connectivity index (χ0n) is 17.2. The van der Waals surface area contributed by atoms with Crippen LogP contribution >= 0.6 is 23.2 Å². The highest BCUT2D eigenvalue weighted by Crippen LogP contribution is 2.42. The van der Waals surface area contributed by atoms with E-state index < -0.39 is 22.9 Å². The van der Waals surface area contributed by atoms with Gasteiger partial charge in [-0.25, -0.2) is 14.4 Å². The van der Waals surface area contributed by atoms with Crippen molar-refractivity contribution < 1.29 is 18.8 Å². The number of hydrogen-bond donors (Lipinski definition) is 2. The molecule has 2 aromatic rings. The zero-order valence-corrected chi connectivity index (χ0v) is 18.7. The molecule has 3 amide bonds. The number of benzene rings is 1. The molecule has 0 bridgehead atoms. The minimum Gasteiger partial charge on any atom is -0.351 e. The third kappa shape index (κ3) is 4.55. The highest BCUT2D eigenvalue weighted by molar-refractivity contribution is 6.36. The number of hydrogen-bond acceptors (Lipinski definition) is 5. The number of piperidine rings is 1. The molecule has 1 aliphatic rings. The number of carbonyl (C=O) groups excluding carboxylic acids is 3. The molecule has 7 nitrogen and oxygen atoms in total. The molecule has 10 heteroatoms. The Morgan fingerprint density at radius 2 is 1.81 bits per heavy atom. The van der Waals surface area contributed by atoms with Crippen LogP contribution in [0.5, 0.6) is 0 Å². The van der Waals surface area contributed by atoms with E-state index in [4.69, 9.17) is 23.2 Å². The lowest BCUT2D eigenvalue weighted by Gasteiger charge is -2.30. The van der Waals surface area contributed by atoms with Gasteiger partial charge >= 0.3 is 0 Å². The molecule has 1 atom stereocenters. The normalized spacial score (nSPS) is 19.2. The lowest BCUT2D eigenvalue weighted by Crippen LogP contribution is -2.49. The van der Waals surface area contributed by atoms with Crippen LogP contribution in [0, 0.1) is 6.92 Å². The Morgan fingerprint density at radius 1 is 1.23 bits per heavy atom. The van der Waals surface area contributed by atoms with Crippen LogP contribution in [0.2, 0.25) is 10.0 Å². The van der Waals surface area contributed by atoms with E-state index in [1.165, 1.54) is 12.1 Å². The third-order valence-electron chi connectivity index (χ3n) is 5.17. The van der Waals surface area contributed by atoms with Crippen LogP contribution in [0.1, 0.15) is 49.2 Å². The Hall–Kier alpha value is -2.58. The summed E-state index contributed by atoms with van der Waals surface area (Å²) < 4.78 is 15.4. The lowest BCUT2D eigenvalue weighted by molar-refractivity contribution is -0.144. The summed E-state index contributed by atoms with van der Waals surface area (Å²) in [5, 5.41) is 4.62. The smallest absolute Gasteiger partial charge is 0.269 e. The molecule has 1 unspecified atom stereocenters. The van der Waals surface area contributed by atoms with E-state index in [9.17, 15) is 14.4 Å². The van der Waals surface area contributed by atoms with Gasteiger partial charge in [0, 0.05) is 47.4 Å². The molecule has 1 saturated heterocycles. The van der Waals surface area contributed by atoms with E-state index in [0.717, 1.165) is 5.56 Å². The Labute approximate surface area is 188 Å². The average Bonchev–Trinajstić information content (AvgIpc) is 2.69. The van der Waals surface area contributed by atoms with Crippen molar-refractivity contribution in [2.75, 3.05) is 0 Å². The van der Waals surface area contributed by atoms with E-state index >= 15 is 4.39 Å². The van der Waals surface area contributed by atoms with Crippen molar-refractivity contribution >= 4 is 40.9 Å². The predicted molar refractivity (Wildman–Crippen MR) is 113 cm³/mol. The van der Waals surface area contributed by atoms with Crippen LogP contribution in [0.15, 0.2) is 24.5 Å². The summed E-state index contributed by atoms with van der Waals surface area (Å²) in [5.41, 5.74) is -2.29. The molecule has 1 aromatic carbocycles. The minimum absolute atomic E-state index is 0.0649. The van der Waals surface area contributed by atoms with Gasteiger partial charge in [0.25, 0.3) is 5.91 Å². The number of halogens is 3. The molecule has 2 N–H and O–H groups in total. The summed E-state index contributed by atoms with van der Waals surface area (Å²) in [6.45, 7) is 5.32. The molecule has 164 valence electrons. The standard InChI is InChI=1S/C21H21Cl2FN4O3/c1-11-8-25-17(26-9-11)20(2,3)18(30)27-10-12-6-13(22)16(14(23)7-12)21(24)5-4-15(29)28-19(21)31/h6-9H,4-5,10H2,1-3H3,(H,27,30)(H,28,29,31). The highest BCUT2D eigenvalue weighted by Gasteiger charge is 2.47. The molecular formula is C21H21Cl2FN4O3. The van der Waals surface area contributed by atoms with Crippen LogP contribution in [0.3, 0.4) is 0 Å². The summed E-state index contributed by atoms with van der Waals surface area (Å²) >= 11 is 12.5. The third-order valence-corrected chi connectivity index (χ3v) is 5.76. The monoisotopic (exact) mass is 466 g/mol. The summed E-state index contributed by atoms with van der Waals surface area (Å²) in [5.74, 6) is -1.59. The van der Waals surface area contributed by atoms with Crippen LogP contribution in [-0.4, -0.2) is 27.7 Å². The number of aromatic nitrogens is 2. The number of carbonyl (C=O) groups is 3. The van der Waals surface area contributed by atoms with Gasteiger partial charge in [-0.15, -0.1) is 0 Å². The van der Waals surface area contributed by atoms with Crippen molar-refractivity contribution in [3.05, 3.63) is 57.1 Å². The first-order valence-corrected chi connectivity index (χ1v) is 10.3. The SMILES string of the molecule is Cc1cnc(C(C)(C)C(=O)NCc2cc(Cl)c(C3(F)CCC(=O)NC3=O)c(Cl)c2)nc1. The zero-order chi connectivity index (χ0) is 23.0. The number of nitrogens with zero attached hydrogens (tertiary/aromatic N) is 2. The number of amides is 3. The van der Waals surface area contributed by atoms with Crippen LogP contribution in [0.4, 0.5) is 4.39 Å². The van der Waals surface area contributed by atoms with Gasteiger partial charge in [0.1, 0.15) is 11.2 Å². The minimum atomic E-state index is -2.51. The molecule has 0 saturated carbocycles. The summed E-state index contributed by atoms with van der Waals surface area (Å²) in [6, 6.07) is 2.87. The number of alkyl halides is 1. The van der Waals surface area contributed by atoms with Crippen molar-refractivity contribution in [3.63, 3.8) is 0 Å².